The number of nitrogens with zero attached hydrogens (tertiary/aromatic N) is 2. The number of aromatic nitrogens is 2. The number of amides is 1. The van der Waals surface area contributed by atoms with Crippen molar-refractivity contribution < 1.29 is 4.79 Å². The molecule has 2 saturated carbocycles. The molecular weight excluding hydrogens is 204 g/mol. The van der Waals surface area contributed by atoms with Gasteiger partial charge in [0.1, 0.15) is 0 Å². The molecule has 2 fully saturated rings. The Morgan fingerprint density at radius 3 is 2.88 bits per heavy atom. The van der Waals surface area contributed by atoms with Crippen LogP contribution in [0.2, 0.25) is 0 Å². The van der Waals surface area contributed by atoms with Gasteiger partial charge in [-0.25, -0.2) is 5.84 Å². The van der Waals surface area contributed by atoms with Gasteiger partial charge in [-0.15, -0.1) is 0 Å². The molecule has 0 bridgehead atoms. The molecule has 0 aromatic carbocycles. The van der Waals surface area contributed by atoms with E-state index in [2.05, 4.69) is 15.4 Å². The van der Waals surface area contributed by atoms with Gasteiger partial charge in [0.25, 0.3) is 0 Å². The molecule has 3 rings (SSSR count). The molecule has 0 aliphatic heterocycles. The van der Waals surface area contributed by atoms with Gasteiger partial charge in [-0.05, 0) is 25.2 Å². The lowest BCUT2D eigenvalue weighted by molar-refractivity contribution is -0.127. The van der Waals surface area contributed by atoms with Crippen molar-refractivity contribution in [3.63, 3.8) is 0 Å². The maximum Gasteiger partial charge on any atom is 0.241 e. The highest BCUT2D eigenvalue weighted by Gasteiger charge is 2.67. The van der Waals surface area contributed by atoms with Crippen LogP contribution in [0.25, 0.3) is 0 Å². The molecule has 1 aromatic rings. The zero-order valence-corrected chi connectivity index (χ0v) is 8.89. The number of hydrazine groups is 1. The number of nitrogens with one attached hydrogen (secondary N) is 1. The predicted octanol–water partition coefficient (Wildman–Crippen LogP) is 0.350. The van der Waals surface area contributed by atoms with Crippen molar-refractivity contribution in [2.45, 2.75) is 25.2 Å². The second kappa shape index (κ2) is 3.25. The van der Waals surface area contributed by atoms with E-state index in [0.717, 1.165) is 25.0 Å². The molecule has 2 atom stereocenters. The summed E-state index contributed by atoms with van der Waals surface area (Å²) < 4.78 is 0. The van der Waals surface area contributed by atoms with Crippen LogP contribution in [0.1, 0.15) is 30.9 Å². The van der Waals surface area contributed by atoms with Crippen LogP contribution in [0.15, 0.2) is 18.6 Å². The Bertz CT molecular complexity index is 417. The number of hydrogen-bond acceptors (Lipinski definition) is 4. The topological polar surface area (TPSA) is 80.9 Å². The lowest BCUT2D eigenvalue weighted by atomic mass is 9.95. The van der Waals surface area contributed by atoms with Crippen molar-refractivity contribution in [3.8, 4) is 0 Å². The molecule has 2 aliphatic carbocycles. The quantitative estimate of drug-likeness (QED) is 0.436. The smallest absolute Gasteiger partial charge is 0.241 e. The molecule has 84 valence electrons. The van der Waals surface area contributed by atoms with Gasteiger partial charge >= 0.3 is 0 Å². The number of carbonyl (C=O) groups excluding carboxylic acids is 1. The Labute approximate surface area is 93.4 Å². The number of rotatable bonds is 3. The van der Waals surface area contributed by atoms with E-state index >= 15 is 0 Å². The summed E-state index contributed by atoms with van der Waals surface area (Å²) in [6.07, 6.45) is 8.19. The minimum Gasteiger partial charge on any atom is -0.294 e. The van der Waals surface area contributed by atoms with Crippen LogP contribution < -0.4 is 11.3 Å². The van der Waals surface area contributed by atoms with E-state index in [0.29, 0.717) is 5.92 Å². The van der Waals surface area contributed by atoms with Crippen LogP contribution in [0.3, 0.4) is 0 Å². The van der Waals surface area contributed by atoms with E-state index in [9.17, 15) is 4.79 Å². The molecule has 2 unspecified atom stereocenters. The minimum absolute atomic E-state index is 0.0364. The maximum atomic E-state index is 11.9. The van der Waals surface area contributed by atoms with Gasteiger partial charge in [-0.3, -0.25) is 20.2 Å². The average Bonchev–Trinajstić information content (AvgIpc) is 3.18. The third kappa shape index (κ3) is 1.24. The second-order valence-electron chi connectivity index (χ2n) is 4.68. The van der Waals surface area contributed by atoms with E-state index in [-0.39, 0.29) is 17.2 Å². The fourth-order valence-electron chi connectivity index (χ4n) is 2.76. The highest BCUT2D eigenvalue weighted by atomic mass is 16.2. The molecular formula is C11H14N4O. The normalized spacial score (nSPS) is 32.2. The summed E-state index contributed by atoms with van der Waals surface area (Å²) in [5, 5.41) is 0. The lowest BCUT2D eigenvalue weighted by Crippen LogP contribution is -2.39. The van der Waals surface area contributed by atoms with Gasteiger partial charge in [0.2, 0.25) is 5.91 Å². The van der Waals surface area contributed by atoms with E-state index in [1.807, 2.05) is 0 Å². The van der Waals surface area contributed by atoms with Crippen LogP contribution in [-0.4, -0.2) is 15.9 Å². The summed E-state index contributed by atoms with van der Waals surface area (Å²) in [6.45, 7) is 0. The SMILES string of the molecule is NNC(=O)C1(C2CC2)CC1c1cnccn1. The van der Waals surface area contributed by atoms with Crippen LogP contribution in [0, 0.1) is 11.3 Å². The Morgan fingerprint density at radius 1 is 1.50 bits per heavy atom. The van der Waals surface area contributed by atoms with Gasteiger partial charge in [0.05, 0.1) is 11.1 Å². The minimum atomic E-state index is -0.287. The van der Waals surface area contributed by atoms with Crippen molar-refractivity contribution in [3.05, 3.63) is 24.3 Å². The molecule has 1 heterocycles. The standard InChI is InChI=1S/C11H14N4O/c12-15-10(16)11(7-1-2-7)5-8(11)9-6-13-3-4-14-9/h3-4,6-8H,1-2,5,12H2,(H,15,16). The summed E-state index contributed by atoms with van der Waals surface area (Å²) in [7, 11) is 0. The molecule has 5 nitrogen and oxygen atoms in total. The first-order valence-electron chi connectivity index (χ1n) is 5.56. The average molecular weight is 218 g/mol. The van der Waals surface area contributed by atoms with Crippen molar-refractivity contribution in [1.82, 2.24) is 15.4 Å². The third-order valence-corrected chi connectivity index (χ3v) is 3.80. The Hall–Kier alpha value is -1.49. The fraction of sp³-hybridized carbons (Fsp3) is 0.545. The molecule has 2 aliphatic rings. The molecule has 3 N–H and O–H groups in total. The number of nitrogens with two attached hydrogens (primary N) is 1. The van der Waals surface area contributed by atoms with Crippen molar-refractivity contribution in [2.75, 3.05) is 0 Å². The summed E-state index contributed by atoms with van der Waals surface area (Å²) in [4.78, 5) is 20.2. The Morgan fingerprint density at radius 2 is 2.31 bits per heavy atom. The first kappa shape index (κ1) is 9.72. The van der Waals surface area contributed by atoms with Crippen LogP contribution >= 0.6 is 0 Å². The maximum absolute atomic E-state index is 11.9. The Balaban J connectivity index is 1.88. The van der Waals surface area contributed by atoms with Crippen molar-refractivity contribution in [1.29, 1.82) is 0 Å². The molecule has 16 heavy (non-hydrogen) atoms. The van der Waals surface area contributed by atoms with Crippen LogP contribution in [-0.2, 0) is 4.79 Å². The zero-order valence-electron chi connectivity index (χ0n) is 8.89. The highest BCUT2D eigenvalue weighted by molar-refractivity contribution is 5.87. The van der Waals surface area contributed by atoms with Gasteiger partial charge in [-0.1, -0.05) is 0 Å². The predicted molar refractivity (Wildman–Crippen MR) is 56.9 cm³/mol. The van der Waals surface area contributed by atoms with Gasteiger partial charge < -0.3 is 0 Å². The molecule has 1 amide bonds. The van der Waals surface area contributed by atoms with Crippen molar-refractivity contribution >= 4 is 5.91 Å². The van der Waals surface area contributed by atoms with E-state index in [4.69, 9.17) is 5.84 Å². The van der Waals surface area contributed by atoms with E-state index in [1.54, 1.807) is 18.6 Å². The monoisotopic (exact) mass is 218 g/mol. The molecule has 1 aromatic heterocycles. The zero-order chi connectivity index (χ0) is 11.2. The summed E-state index contributed by atoms with van der Waals surface area (Å²) in [5.41, 5.74) is 2.93. The van der Waals surface area contributed by atoms with Gasteiger partial charge in [0.15, 0.2) is 0 Å². The molecule has 0 radical (unpaired) electrons. The fourth-order valence-corrected chi connectivity index (χ4v) is 2.76. The molecule has 0 spiro atoms. The van der Waals surface area contributed by atoms with E-state index in [1.165, 1.54) is 0 Å². The summed E-state index contributed by atoms with van der Waals surface area (Å²) >= 11 is 0. The second-order valence-corrected chi connectivity index (χ2v) is 4.68. The van der Waals surface area contributed by atoms with Crippen molar-refractivity contribution in [2.24, 2.45) is 17.2 Å². The Kier molecular flexibility index (Phi) is 1.97. The van der Waals surface area contributed by atoms with Gasteiger partial charge in [0, 0.05) is 24.5 Å². The van der Waals surface area contributed by atoms with Crippen LogP contribution in [0.5, 0.6) is 0 Å². The first-order chi connectivity index (χ1) is 7.79. The van der Waals surface area contributed by atoms with Gasteiger partial charge in [-0.2, -0.15) is 0 Å². The third-order valence-electron chi connectivity index (χ3n) is 3.80. The number of carbonyl (C=O) groups is 1. The van der Waals surface area contributed by atoms with Crippen LogP contribution in [0.4, 0.5) is 0 Å². The summed E-state index contributed by atoms with van der Waals surface area (Å²) in [5.74, 6) is 5.93. The number of hydrogen-bond donors (Lipinski definition) is 2. The molecule has 5 heteroatoms. The largest absolute Gasteiger partial charge is 0.294 e. The lowest BCUT2D eigenvalue weighted by Gasteiger charge is -2.13. The first-order valence-corrected chi connectivity index (χ1v) is 5.56. The summed E-state index contributed by atoms with van der Waals surface area (Å²) in [6, 6.07) is 0. The highest BCUT2D eigenvalue weighted by Crippen LogP contribution is 2.69. The molecule has 0 saturated heterocycles. The van der Waals surface area contributed by atoms with E-state index < -0.39 is 0 Å².